The van der Waals surface area contributed by atoms with Crippen LogP contribution in [0.15, 0.2) is 24.3 Å². The fourth-order valence-corrected chi connectivity index (χ4v) is 3.99. The number of hydrogen-bond acceptors (Lipinski definition) is 3. The largest absolute Gasteiger partial charge is 0.466 e. The number of hydrogen-bond donors (Lipinski definition) is 1. The van der Waals surface area contributed by atoms with E-state index in [1.54, 1.807) is 6.92 Å². The summed E-state index contributed by atoms with van der Waals surface area (Å²) in [4.78, 5) is 11.5. The number of rotatable bonds is 5. The van der Waals surface area contributed by atoms with Crippen LogP contribution in [0.25, 0.3) is 0 Å². The van der Waals surface area contributed by atoms with Crippen molar-refractivity contribution in [2.24, 2.45) is 11.1 Å². The molecule has 0 aliphatic heterocycles. The maximum Gasteiger partial charge on any atom is 0.307 e. The summed E-state index contributed by atoms with van der Waals surface area (Å²) in [6, 6.07) is 6.65. The van der Waals surface area contributed by atoms with Gasteiger partial charge in [-0.25, -0.2) is 4.39 Å². The molecule has 3 fully saturated rings. The zero-order valence-electron chi connectivity index (χ0n) is 12.1. The minimum absolute atomic E-state index is 0. The van der Waals surface area contributed by atoms with Gasteiger partial charge in [0, 0.05) is 6.04 Å². The van der Waals surface area contributed by atoms with E-state index in [2.05, 4.69) is 0 Å². The van der Waals surface area contributed by atoms with Gasteiger partial charge in [0.05, 0.1) is 13.0 Å². The molecule has 1 atom stereocenters. The average Bonchev–Trinajstić information content (AvgIpc) is 2.28. The van der Waals surface area contributed by atoms with Gasteiger partial charge in [0.1, 0.15) is 5.82 Å². The Labute approximate surface area is 130 Å². The normalized spacial score (nSPS) is 30.4. The lowest BCUT2D eigenvalue weighted by molar-refractivity contribution is -0.168. The predicted octanol–water partition coefficient (Wildman–Crippen LogP) is 2.95. The van der Waals surface area contributed by atoms with Crippen molar-refractivity contribution in [3.05, 3.63) is 35.6 Å². The minimum atomic E-state index is -0.208. The average molecular weight is 314 g/mol. The molecule has 5 heteroatoms. The lowest BCUT2D eigenvalue weighted by Crippen LogP contribution is -2.71. The predicted molar refractivity (Wildman–Crippen MR) is 80.8 cm³/mol. The highest BCUT2D eigenvalue weighted by atomic mass is 35.5. The van der Waals surface area contributed by atoms with Crippen molar-refractivity contribution >= 4 is 18.4 Å². The standard InChI is InChI=1S/C16H20FNO2.ClH/c1-2-20-14(19)7-13(18)16-8-15(9-16,10-16)11-3-5-12(17)6-4-11;/h3-6,13H,2,7-10,18H2,1H3;1H. The molecule has 1 aromatic rings. The number of benzene rings is 1. The molecular weight excluding hydrogens is 293 g/mol. The highest BCUT2D eigenvalue weighted by molar-refractivity contribution is 5.85. The first-order valence-corrected chi connectivity index (χ1v) is 7.17. The molecule has 4 rings (SSSR count). The second-order valence-electron chi connectivity index (χ2n) is 6.30. The Balaban J connectivity index is 0.00000161. The van der Waals surface area contributed by atoms with Gasteiger partial charge in [0.2, 0.25) is 0 Å². The summed E-state index contributed by atoms with van der Waals surface area (Å²) in [7, 11) is 0. The van der Waals surface area contributed by atoms with E-state index in [1.807, 2.05) is 12.1 Å². The molecule has 0 saturated heterocycles. The van der Waals surface area contributed by atoms with Crippen LogP contribution in [0, 0.1) is 11.2 Å². The molecule has 0 aromatic heterocycles. The van der Waals surface area contributed by atoms with E-state index < -0.39 is 0 Å². The summed E-state index contributed by atoms with van der Waals surface area (Å²) in [6.45, 7) is 2.20. The van der Waals surface area contributed by atoms with E-state index in [4.69, 9.17) is 10.5 Å². The van der Waals surface area contributed by atoms with Crippen molar-refractivity contribution in [3.8, 4) is 0 Å². The topological polar surface area (TPSA) is 52.3 Å². The zero-order chi connectivity index (χ0) is 14.4. The van der Waals surface area contributed by atoms with Crippen LogP contribution in [0.4, 0.5) is 4.39 Å². The molecule has 0 heterocycles. The summed E-state index contributed by atoms with van der Waals surface area (Å²) >= 11 is 0. The zero-order valence-corrected chi connectivity index (χ0v) is 12.9. The number of ether oxygens (including phenoxy) is 1. The van der Waals surface area contributed by atoms with Crippen LogP contribution < -0.4 is 5.73 Å². The minimum Gasteiger partial charge on any atom is -0.466 e. The molecule has 0 amide bonds. The third-order valence-electron chi connectivity index (χ3n) is 5.01. The summed E-state index contributed by atoms with van der Waals surface area (Å²) in [5, 5.41) is 0. The maximum absolute atomic E-state index is 13.0. The Morgan fingerprint density at radius 1 is 1.33 bits per heavy atom. The molecule has 1 aromatic carbocycles. The molecule has 21 heavy (non-hydrogen) atoms. The SMILES string of the molecule is CCOC(=O)CC(N)C12CC(c3ccc(F)cc3)(C1)C2.Cl. The van der Waals surface area contributed by atoms with Gasteiger partial charge in [-0.3, -0.25) is 4.79 Å². The van der Waals surface area contributed by atoms with Crippen molar-refractivity contribution in [1.82, 2.24) is 0 Å². The van der Waals surface area contributed by atoms with Gasteiger partial charge in [-0.05, 0) is 54.7 Å². The number of halogens is 2. The molecule has 3 nitrogen and oxygen atoms in total. The first-order valence-electron chi connectivity index (χ1n) is 7.17. The molecule has 3 aliphatic carbocycles. The van der Waals surface area contributed by atoms with Crippen LogP contribution in [0.3, 0.4) is 0 Å². The lowest BCUT2D eigenvalue weighted by atomic mass is 9.31. The highest BCUT2D eigenvalue weighted by Crippen LogP contribution is 2.74. The quantitative estimate of drug-likeness (QED) is 0.850. The van der Waals surface area contributed by atoms with Crippen LogP contribution in [-0.2, 0) is 14.9 Å². The number of esters is 1. The first-order chi connectivity index (χ1) is 9.50. The van der Waals surface area contributed by atoms with Crippen LogP contribution in [-0.4, -0.2) is 18.6 Å². The second kappa shape index (κ2) is 5.58. The number of nitrogens with two attached hydrogens (primary N) is 1. The highest BCUT2D eigenvalue weighted by Gasteiger charge is 2.70. The Morgan fingerprint density at radius 3 is 2.43 bits per heavy atom. The molecule has 116 valence electrons. The lowest BCUT2D eigenvalue weighted by Gasteiger charge is -2.73. The van der Waals surface area contributed by atoms with Crippen molar-refractivity contribution in [2.45, 2.75) is 44.1 Å². The smallest absolute Gasteiger partial charge is 0.307 e. The van der Waals surface area contributed by atoms with E-state index in [0.717, 1.165) is 19.3 Å². The van der Waals surface area contributed by atoms with E-state index >= 15 is 0 Å². The molecule has 0 radical (unpaired) electrons. The summed E-state index contributed by atoms with van der Waals surface area (Å²) < 4.78 is 17.9. The molecule has 3 aliphatic rings. The van der Waals surface area contributed by atoms with Gasteiger partial charge in [-0.1, -0.05) is 12.1 Å². The van der Waals surface area contributed by atoms with Gasteiger partial charge in [-0.15, -0.1) is 12.4 Å². The fraction of sp³-hybridized carbons (Fsp3) is 0.562. The van der Waals surface area contributed by atoms with Crippen LogP contribution in [0.5, 0.6) is 0 Å². The van der Waals surface area contributed by atoms with Gasteiger partial charge < -0.3 is 10.5 Å². The first kappa shape index (κ1) is 16.2. The van der Waals surface area contributed by atoms with Gasteiger partial charge >= 0.3 is 5.97 Å². The van der Waals surface area contributed by atoms with Crippen LogP contribution in [0.1, 0.15) is 38.2 Å². The molecule has 1 unspecified atom stereocenters. The summed E-state index contributed by atoms with van der Waals surface area (Å²) in [5.74, 6) is -0.408. The Bertz CT molecular complexity index is 512. The monoisotopic (exact) mass is 313 g/mol. The van der Waals surface area contributed by atoms with E-state index in [9.17, 15) is 9.18 Å². The van der Waals surface area contributed by atoms with Crippen LogP contribution in [0.2, 0.25) is 0 Å². The van der Waals surface area contributed by atoms with Crippen molar-refractivity contribution in [3.63, 3.8) is 0 Å². The van der Waals surface area contributed by atoms with Gasteiger partial charge in [-0.2, -0.15) is 0 Å². The number of carbonyl (C=O) groups excluding carboxylic acids is 1. The maximum atomic E-state index is 13.0. The van der Waals surface area contributed by atoms with Gasteiger partial charge in [0.25, 0.3) is 0 Å². The van der Waals surface area contributed by atoms with Crippen molar-refractivity contribution in [1.29, 1.82) is 0 Å². The summed E-state index contributed by atoms with van der Waals surface area (Å²) in [5.41, 5.74) is 7.66. The Kier molecular flexibility index (Phi) is 4.31. The Morgan fingerprint density at radius 2 is 1.90 bits per heavy atom. The van der Waals surface area contributed by atoms with Crippen LogP contribution >= 0.6 is 12.4 Å². The molecule has 2 N–H and O–H groups in total. The number of carbonyl (C=O) groups is 1. The van der Waals surface area contributed by atoms with E-state index in [1.165, 1.54) is 17.7 Å². The third kappa shape index (κ3) is 2.55. The summed E-state index contributed by atoms with van der Waals surface area (Å²) in [6.07, 6.45) is 3.32. The van der Waals surface area contributed by atoms with Crippen molar-refractivity contribution in [2.75, 3.05) is 6.61 Å². The van der Waals surface area contributed by atoms with Gasteiger partial charge in [0.15, 0.2) is 0 Å². The molecule has 0 spiro atoms. The van der Waals surface area contributed by atoms with Crippen molar-refractivity contribution < 1.29 is 13.9 Å². The Hall–Kier alpha value is -1.13. The fourth-order valence-electron chi connectivity index (χ4n) is 3.99. The van der Waals surface area contributed by atoms with E-state index in [-0.39, 0.29) is 41.1 Å². The second-order valence-corrected chi connectivity index (χ2v) is 6.30. The molecule has 3 saturated carbocycles. The molecular formula is C16H21ClFNO2. The van der Waals surface area contributed by atoms with E-state index in [0.29, 0.717) is 13.0 Å². The third-order valence-corrected chi connectivity index (χ3v) is 5.01. The molecule has 2 bridgehead atoms.